The molecule has 3 atom stereocenters. The molecule has 0 spiro atoms. The van der Waals surface area contributed by atoms with Gasteiger partial charge >= 0.3 is 6.09 Å². The van der Waals surface area contributed by atoms with Crippen molar-refractivity contribution in [2.45, 2.75) is 58.2 Å². The Labute approximate surface area is 170 Å². The zero-order valence-electron chi connectivity index (χ0n) is 16.9. The molecule has 0 saturated heterocycles. The Hall–Kier alpha value is -2.90. The molecule has 0 bridgehead atoms. The number of carbonyl (C=O) groups is 4. The Morgan fingerprint density at radius 1 is 1.17 bits per heavy atom. The maximum Gasteiger partial charge on any atom is 0.408 e. The molecule has 1 aliphatic rings. The van der Waals surface area contributed by atoms with E-state index in [4.69, 9.17) is 10.5 Å². The fraction of sp³-hybridized carbons (Fsp3) is 0.524. The first-order valence-electron chi connectivity index (χ1n) is 9.86. The van der Waals surface area contributed by atoms with Crippen LogP contribution in [0.3, 0.4) is 0 Å². The predicted molar refractivity (Wildman–Crippen MR) is 106 cm³/mol. The molecule has 0 heterocycles. The summed E-state index contributed by atoms with van der Waals surface area (Å²) >= 11 is 0. The number of Topliss-reactive ketones (excluding diaryl/α,β-unsaturated/α-hetero) is 1. The van der Waals surface area contributed by atoms with E-state index in [-0.39, 0.29) is 30.6 Å². The summed E-state index contributed by atoms with van der Waals surface area (Å²) in [6.45, 7) is 3.61. The van der Waals surface area contributed by atoms with Crippen molar-refractivity contribution >= 4 is 23.7 Å². The molecule has 1 fully saturated rings. The van der Waals surface area contributed by atoms with Crippen molar-refractivity contribution < 1.29 is 23.9 Å². The quantitative estimate of drug-likeness (QED) is 0.608. The molecule has 8 nitrogen and oxygen atoms in total. The number of nitrogens with two attached hydrogens (primary N) is 1. The molecule has 1 aliphatic carbocycles. The maximum absolute atomic E-state index is 12.8. The SMILES string of the molecule is CC(C)[C@H](NC(=O)OCc1ccccc1)C(=O)N[C@H](C(N)=O)[C@H]1CCCC(=O)C1. The van der Waals surface area contributed by atoms with E-state index in [9.17, 15) is 19.2 Å². The Balaban J connectivity index is 1.96. The van der Waals surface area contributed by atoms with Crippen molar-refractivity contribution in [3.63, 3.8) is 0 Å². The van der Waals surface area contributed by atoms with E-state index in [1.807, 2.05) is 30.3 Å². The zero-order chi connectivity index (χ0) is 21.4. The highest BCUT2D eigenvalue weighted by Crippen LogP contribution is 2.24. The second-order valence-electron chi connectivity index (χ2n) is 7.71. The average Bonchev–Trinajstić information content (AvgIpc) is 2.68. The lowest BCUT2D eigenvalue weighted by atomic mass is 9.82. The van der Waals surface area contributed by atoms with Crippen LogP contribution >= 0.6 is 0 Å². The number of ether oxygens (including phenoxy) is 1. The third kappa shape index (κ3) is 6.89. The van der Waals surface area contributed by atoms with E-state index in [0.29, 0.717) is 19.3 Å². The van der Waals surface area contributed by atoms with Gasteiger partial charge in [-0.3, -0.25) is 14.4 Å². The van der Waals surface area contributed by atoms with Crippen molar-refractivity contribution in [1.82, 2.24) is 10.6 Å². The lowest BCUT2D eigenvalue weighted by Gasteiger charge is -2.30. The fourth-order valence-corrected chi connectivity index (χ4v) is 3.43. The van der Waals surface area contributed by atoms with Gasteiger partial charge in [-0.25, -0.2) is 4.79 Å². The van der Waals surface area contributed by atoms with Gasteiger partial charge in [0, 0.05) is 12.8 Å². The Morgan fingerprint density at radius 2 is 1.86 bits per heavy atom. The van der Waals surface area contributed by atoms with Gasteiger partial charge in [0.15, 0.2) is 0 Å². The largest absolute Gasteiger partial charge is 0.445 e. The van der Waals surface area contributed by atoms with Crippen LogP contribution in [0.1, 0.15) is 45.1 Å². The molecular formula is C21H29N3O5. The van der Waals surface area contributed by atoms with Gasteiger partial charge in [-0.1, -0.05) is 44.2 Å². The molecule has 1 aromatic rings. The molecule has 1 aromatic carbocycles. The Morgan fingerprint density at radius 3 is 2.45 bits per heavy atom. The third-order valence-corrected chi connectivity index (χ3v) is 5.03. The number of alkyl carbamates (subject to hydrolysis) is 1. The topological polar surface area (TPSA) is 128 Å². The van der Waals surface area contributed by atoms with Crippen LogP contribution in [0.25, 0.3) is 0 Å². The number of hydrogen-bond acceptors (Lipinski definition) is 5. The first kappa shape index (κ1) is 22.4. The Kier molecular flexibility index (Phi) is 8.18. The fourth-order valence-electron chi connectivity index (χ4n) is 3.43. The van der Waals surface area contributed by atoms with Gasteiger partial charge in [0.25, 0.3) is 0 Å². The third-order valence-electron chi connectivity index (χ3n) is 5.03. The number of carbonyl (C=O) groups excluding carboxylic acids is 4. The normalized spacial score (nSPS) is 18.6. The van der Waals surface area contributed by atoms with Crippen LogP contribution in [-0.2, 0) is 25.7 Å². The van der Waals surface area contributed by atoms with E-state index in [1.54, 1.807) is 13.8 Å². The summed E-state index contributed by atoms with van der Waals surface area (Å²) < 4.78 is 5.18. The number of rotatable bonds is 8. The molecule has 0 radical (unpaired) electrons. The minimum absolute atomic E-state index is 0.0600. The molecule has 3 amide bonds. The van der Waals surface area contributed by atoms with Crippen molar-refractivity contribution in [3.05, 3.63) is 35.9 Å². The van der Waals surface area contributed by atoms with Gasteiger partial charge < -0.3 is 21.1 Å². The molecular weight excluding hydrogens is 374 g/mol. The monoisotopic (exact) mass is 403 g/mol. The number of benzene rings is 1. The van der Waals surface area contributed by atoms with Gasteiger partial charge in [0.2, 0.25) is 11.8 Å². The number of nitrogens with one attached hydrogen (secondary N) is 2. The molecule has 0 unspecified atom stereocenters. The summed E-state index contributed by atoms with van der Waals surface area (Å²) in [6, 6.07) is 7.32. The standard InChI is InChI=1S/C21H29N3O5/c1-13(2)17(24-21(28)29-12-14-7-4-3-5-8-14)20(27)23-18(19(22)26)15-9-6-10-16(25)11-15/h3-5,7-8,13,15,17-18H,6,9-12H2,1-2H3,(H2,22,26)(H,23,27)(H,24,28)/t15-,17-,18-/m0/s1. The molecule has 2 rings (SSSR count). The summed E-state index contributed by atoms with van der Waals surface area (Å²) in [6.07, 6.45) is 1.28. The van der Waals surface area contributed by atoms with Crippen LogP contribution < -0.4 is 16.4 Å². The maximum atomic E-state index is 12.8. The van der Waals surface area contributed by atoms with Crippen LogP contribution in [0.15, 0.2) is 30.3 Å². The molecule has 158 valence electrons. The lowest BCUT2D eigenvalue weighted by molar-refractivity contribution is -0.132. The predicted octanol–water partition coefficient (Wildman–Crippen LogP) is 1.67. The van der Waals surface area contributed by atoms with E-state index in [2.05, 4.69) is 10.6 Å². The van der Waals surface area contributed by atoms with Crippen LogP contribution in [0.5, 0.6) is 0 Å². The van der Waals surface area contributed by atoms with E-state index < -0.39 is 30.0 Å². The van der Waals surface area contributed by atoms with E-state index in [1.165, 1.54) is 0 Å². The highest BCUT2D eigenvalue weighted by atomic mass is 16.5. The number of primary amides is 1. The van der Waals surface area contributed by atoms with Crippen molar-refractivity contribution in [3.8, 4) is 0 Å². The molecule has 0 aromatic heterocycles. The first-order chi connectivity index (χ1) is 13.8. The summed E-state index contributed by atoms with van der Waals surface area (Å²) in [7, 11) is 0. The molecule has 1 saturated carbocycles. The van der Waals surface area contributed by atoms with Gasteiger partial charge in [0.1, 0.15) is 24.5 Å². The summed E-state index contributed by atoms with van der Waals surface area (Å²) in [5.41, 5.74) is 6.30. The first-order valence-corrected chi connectivity index (χ1v) is 9.86. The van der Waals surface area contributed by atoms with Crippen LogP contribution in [-0.4, -0.2) is 35.8 Å². The number of hydrogen-bond donors (Lipinski definition) is 3. The van der Waals surface area contributed by atoms with Gasteiger partial charge in [-0.15, -0.1) is 0 Å². The minimum atomic E-state index is -0.949. The van der Waals surface area contributed by atoms with Gasteiger partial charge in [0.05, 0.1) is 0 Å². The number of amides is 3. The molecule has 8 heteroatoms. The number of ketones is 1. The highest BCUT2D eigenvalue weighted by molar-refractivity contribution is 5.91. The summed E-state index contributed by atoms with van der Waals surface area (Å²) in [5.74, 6) is -1.73. The van der Waals surface area contributed by atoms with Crippen LogP contribution in [0.4, 0.5) is 4.79 Å². The smallest absolute Gasteiger partial charge is 0.408 e. The summed E-state index contributed by atoms with van der Waals surface area (Å²) in [5, 5.41) is 5.18. The second-order valence-corrected chi connectivity index (χ2v) is 7.71. The van der Waals surface area contributed by atoms with Crippen molar-refractivity contribution in [2.24, 2.45) is 17.6 Å². The van der Waals surface area contributed by atoms with Gasteiger partial charge in [-0.05, 0) is 30.2 Å². The zero-order valence-corrected chi connectivity index (χ0v) is 16.9. The summed E-state index contributed by atoms with van der Waals surface area (Å²) in [4.78, 5) is 48.5. The van der Waals surface area contributed by atoms with E-state index in [0.717, 1.165) is 5.56 Å². The lowest BCUT2D eigenvalue weighted by Crippen LogP contribution is -2.57. The van der Waals surface area contributed by atoms with Gasteiger partial charge in [-0.2, -0.15) is 0 Å². The van der Waals surface area contributed by atoms with Crippen molar-refractivity contribution in [2.75, 3.05) is 0 Å². The second kappa shape index (κ2) is 10.6. The molecule has 0 aliphatic heterocycles. The molecule has 29 heavy (non-hydrogen) atoms. The molecule has 4 N–H and O–H groups in total. The highest BCUT2D eigenvalue weighted by Gasteiger charge is 2.34. The Bertz CT molecular complexity index is 735. The van der Waals surface area contributed by atoms with Crippen LogP contribution in [0, 0.1) is 11.8 Å². The van der Waals surface area contributed by atoms with Crippen molar-refractivity contribution in [1.29, 1.82) is 0 Å². The van der Waals surface area contributed by atoms with E-state index >= 15 is 0 Å². The average molecular weight is 403 g/mol. The minimum Gasteiger partial charge on any atom is -0.445 e. The van der Waals surface area contributed by atoms with Crippen LogP contribution in [0.2, 0.25) is 0 Å².